The molecule has 2 aromatic heterocycles. The molecule has 2 heterocycles. The van der Waals surface area contributed by atoms with E-state index in [0.29, 0.717) is 26.8 Å². The molecule has 3 aromatic rings. The number of thioether (sulfide) groups is 1. The minimum absolute atomic E-state index is 0.129. The van der Waals surface area contributed by atoms with Gasteiger partial charge in [0.05, 0.1) is 5.75 Å². The number of benzene rings is 1. The van der Waals surface area contributed by atoms with Gasteiger partial charge < -0.3 is 15.2 Å². The number of nitrogens with zero attached hydrogens (tertiary/aromatic N) is 3. The van der Waals surface area contributed by atoms with Crippen molar-refractivity contribution in [2.24, 2.45) is 0 Å². The molecular formula is C19H18N6O4S2. The van der Waals surface area contributed by atoms with Crippen LogP contribution in [-0.4, -0.2) is 38.8 Å². The van der Waals surface area contributed by atoms with Crippen molar-refractivity contribution in [1.29, 1.82) is 0 Å². The highest BCUT2D eigenvalue weighted by molar-refractivity contribution is 8.01. The maximum Gasteiger partial charge on any atom is 0.279 e. The zero-order chi connectivity index (χ0) is 21.8. The lowest BCUT2D eigenvalue weighted by molar-refractivity contribution is -0.114. The van der Waals surface area contributed by atoms with Gasteiger partial charge in [-0.25, -0.2) is 0 Å². The normalized spacial score (nSPS) is 12.9. The van der Waals surface area contributed by atoms with Crippen LogP contribution in [0.5, 0.6) is 0 Å². The van der Waals surface area contributed by atoms with E-state index in [0.717, 1.165) is 18.6 Å². The summed E-state index contributed by atoms with van der Waals surface area (Å²) in [4.78, 5) is 35.4. The van der Waals surface area contributed by atoms with Crippen LogP contribution < -0.4 is 16.0 Å². The molecule has 160 valence electrons. The van der Waals surface area contributed by atoms with E-state index in [2.05, 4.69) is 31.3 Å². The molecule has 0 spiro atoms. The van der Waals surface area contributed by atoms with E-state index in [-0.39, 0.29) is 23.3 Å². The predicted molar refractivity (Wildman–Crippen MR) is 116 cm³/mol. The zero-order valence-corrected chi connectivity index (χ0v) is 18.0. The molecule has 1 aliphatic rings. The van der Waals surface area contributed by atoms with Gasteiger partial charge in [-0.2, -0.15) is 0 Å². The standard InChI is InChI=1S/C19H18N6O4S2/c1-10(26)20-12-4-6-13(7-5-12)21-16(27)9-30-19-24-23-18(31-19)22-17(28)14-8-15(29-25-14)11-2-3-11/h4-8,11H,2-3,9H2,1H3,(H,20,26)(H,21,27)(H,22,23,28). The van der Waals surface area contributed by atoms with Crippen LogP contribution >= 0.6 is 23.1 Å². The molecule has 1 fully saturated rings. The SMILES string of the molecule is CC(=O)Nc1ccc(NC(=O)CSc2nnc(NC(=O)c3cc(C4CC4)on3)s2)cc1. The van der Waals surface area contributed by atoms with E-state index in [1.54, 1.807) is 30.3 Å². The lowest BCUT2D eigenvalue weighted by Gasteiger charge is -2.06. The molecule has 1 aromatic carbocycles. The smallest absolute Gasteiger partial charge is 0.279 e. The zero-order valence-electron chi connectivity index (χ0n) is 16.4. The Kier molecular flexibility index (Phi) is 6.28. The topological polar surface area (TPSA) is 139 Å². The number of hydrogen-bond donors (Lipinski definition) is 3. The van der Waals surface area contributed by atoms with Gasteiger partial charge in [-0.05, 0) is 37.1 Å². The molecule has 12 heteroatoms. The maximum atomic E-state index is 12.2. The van der Waals surface area contributed by atoms with Crippen LogP contribution in [0.4, 0.5) is 16.5 Å². The molecule has 0 atom stereocenters. The highest BCUT2D eigenvalue weighted by Gasteiger charge is 2.29. The lowest BCUT2D eigenvalue weighted by Crippen LogP contribution is -2.14. The van der Waals surface area contributed by atoms with Gasteiger partial charge in [0, 0.05) is 30.3 Å². The summed E-state index contributed by atoms with van der Waals surface area (Å²) in [6.45, 7) is 1.43. The fourth-order valence-electron chi connectivity index (χ4n) is 2.60. The number of carbonyl (C=O) groups is 3. The molecule has 0 saturated heterocycles. The molecule has 3 N–H and O–H groups in total. The number of carbonyl (C=O) groups excluding carboxylic acids is 3. The first-order valence-corrected chi connectivity index (χ1v) is 11.2. The quantitative estimate of drug-likeness (QED) is 0.345. The van der Waals surface area contributed by atoms with Gasteiger partial charge in [0.25, 0.3) is 5.91 Å². The summed E-state index contributed by atoms with van der Waals surface area (Å²) in [5.41, 5.74) is 1.47. The van der Waals surface area contributed by atoms with E-state index in [1.807, 2.05) is 0 Å². The molecule has 1 aliphatic carbocycles. The molecular weight excluding hydrogens is 440 g/mol. The first-order chi connectivity index (χ1) is 15.0. The lowest BCUT2D eigenvalue weighted by atomic mass is 10.3. The Morgan fingerprint density at radius 1 is 1.10 bits per heavy atom. The summed E-state index contributed by atoms with van der Waals surface area (Å²) in [6, 6.07) is 8.45. The Labute approximate surface area is 185 Å². The second-order valence-corrected chi connectivity index (χ2v) is 9.01. The highest BCUT2D eigenvalue weighted by Crippen LogP contribution is 2.40. The molecule has 31 heavy (non-hydrogen) atoms. The molecule has 4 rings (SSSR count). The van der Waals surface area contributed by atoms with Crippen LogP contribution in [0.2, 0.25) is 0 Å². The van der Waals surface area contributed by atoms with Crippen LogP contribution in [0, 0.1) is 0 Å². The van der Waals surface area contributed by atoms with E-state index in [1.165, 1.54) is 30.0 Å². The summed E-state index contributed by atoms with van der Waals surface area (Å²) in [6.07, 6.45) is 2.12. The van der Waals surface area contributed by atoms with Gasteiger partial charge in [0.2, 0.25) is 16.9 Å². The van der Waals surface area contributed by atoms with E-state index in [9.17, 15) is 14.4 Å². The minimum atomic E-state index is -0.413. The number of nitrogens with one attached hydrogen (secondary N) is 3. The molecule has 1 saturated carbocycles. The summed E-state index contributed by atoms with van der Waals surface area (Å²) < 4.78 is 5.73. The monoisotopic (exact) mass is 458 g/mol. The third kappa shape index (κ3) is 5.89. The number of rotatable bonds is 8. The van der Waals surface area contributed by atoms with Crippen LogP contribution in [0.15, 0.2) is 39.2 Å². The average molecular weight is 459 g/mol. The van der Waals surface area contributed by atoms with E-state index >= 15 is 0 Å². The highest BCUT2D eigenvalue weighted by atomic mass is 32.2. The van der Waals surface area contributed by atoms with Crippen molar-refractivity contribution >= 4 is 57.3 Å². The summed E-state index contributed by atoms with van der Waals surface area (Å²) in [7, 11) is 0. The number of amides is 3. The molecule has 0 aliphatic heterocycles. The van der Waals surface area contributed by atoms with Crippen molar-refractivity contribution in [3.63, 3.8) is 0 Å². The maximum absolute atomic E-state index is 12.2. The van der Waals surface area contributed by atoms with Crippen LogP contribution in [0.1, 0.15) is 41.9 Å². The molecule has 0 radical (unpaired) electrons. The number of hydrogen-bond acceptors (Lipinski definition) is 9. The van der Waals surface area contributed by atoms with Crippen LogP contribution in [0.3, 0.4) is 0 Å². The van der Waals surface area contributed by atoms with Gasteiger partial charge in [0.15, 0.2) is 10.0 Å². The molecule has 0 unspecified atom stereocenters. The Hall–Kier alpha value is -3.25. The van der Waals surface area contributed by atoms with Crippen molar-refractivity contribution in [1.82, 2.24) is 15.4 Å². The van der Waals surface area contributed by atoms with Crippen molar-refractivity contribution in [2.45, 2.75) is 30.0 Å². The van der Waals surface area contributed by atoms with E-state index in [4.69, 9.17) is 4.52 Å². The molecule has 0 bridgehead atoms. The Balaban J connectivity index is 1.24. The molecule has 3 amide bonds. The van der Waals surface area contributed by atoms with Gasteiger partial charge >= 0.3 is 0 Å². The summed E-state index contributed by atoms with van der Waals surface area (Å²) in [5.74, 6) is 0.445. The Morgan fingerprint density at radius 3 is 2.48 bits per heavy atom. The Bertz CT molecular complexity index is 1110. The van der Waals surface area contributed by atoms with Gasteiger partial charge in [-0.1, -0.05) is 28.3 Å². The van der Waals surface area contributed by atoms with E-state index < -0.39 is 5.91 Å². The van der Waals surface area contributed by atoms with Gasteiger partial charge in [0.1, 0.15) is 5.76 Å². The first-order valence-electron chi connectivity index (χ1n) is 9.38. The van der Waals surface area contributed by atoms with Crippen LogP contribution in [0.25, 0.3) is 0 Å². The average Bonchev–Trinajstić information content (AvgIpc) is 3.29. The largest absolute Gasteiger partial charge is 0.360 e. The fraction of sp³-hybridized carbons (Fsp3) is 0.263. The summed E-state index contributed by atoms with van der Waals surface area (Å²) in [5, 5.41) is 20.1. The predicted octanol–water partition coefficient (Wildman–Crippen LogP) is 3.35. The van der Waals surface area contributed by atoms with Crippen molar-refractivity contribution in [3.8, 4) is 0 Å². The van der Waals surface area contributed by atoms with Crippen LogP contribution in [-0.2, 0) is 9.59 Å². The minimum Gasteiger partial charge on any atom is -0.360 e. The fourth-order valence-corrected chi connectivity index (χ4v) is 4.15. The third-order valence-corrected chi connectivity index (χ3v) is 6.16. The van der Waals surface area contributed by atoms with Crippen molar-refractivity contribution in [2.75, 3.05) is 21.7 Å². The third-order valence-electron chi connectivity index (χ3n) is 4.18. The van der Waals surface area contributed by atoms with Crippen molar-refractivity contribution < 1.29 is 18.9 Å². The van der Waals surface area contributed by atoms with Gasteiger partial charge in [-0.3, -0.25) is 19.7 Å². The van der Waals surface area contributed by atoms with Gasteiger partial charge in [-0.15, -0.1) is 10.2 Å². The molecule has 10 nitrogen and oxygen atoms in total. The van der Waals surface area contributed by atoms with Crippen molar-refractivity contribution in [3.05, 3.63) is 41.8 Å². The number of aromatic nitrogens is 3. The number of anilines is 3. The second kappa shape index (κ2) is 9.27. The second-order valence-electron chi connectivity index (χ2n) is 6.81. The first kappa shape index (κ1) is 21.0. The summed E-state index contributed by atoms with van der Waals surface area (Å²) >= 11 is 2.38. The Morgan fingerprint density at radius 2 is 1.81 bits per heavy atom.